The van der Waals surface area contributed by atoms with Gasteiger partial charge in [-0.05, 0) is 56.3 Å². The summed E-state index contributed by atoms with van der Waals surface area (Å²) in [7, 11) is 0. The van der Waals surface area contributed by atoms with Gasteiger partial charge in [0, 0.05) is 28.4 Å². The molecule has 1 heterocycles. The van der Waals surface area contributed by atoms with Crippen molar-refractivity contribution in [3.63, 3.8) is 0 Å². The van der Waals surface area contributed by atoms with Crippen molar-refractivity contribution in [2.75, 3.05) is 17.2 Å². The van der Waals surface area contributed by atoms with E-state index in [4.69, 9.17) is 11.6 Å². The van der Waals surface area contributed by atoms with Gasteiger partial charge in [0.2, 0.25) is 5.91 Å². The van der Waals surface area contributed by atoms with Gasteiger partial charge in [0.1, 0.15) is 18.2 Å². The molecule has 0 unspecified atom stereocenters. The van der Waals surface area contributed by atoms with E-state index in [2.05, 4.69) is 15.7 Å². The quantitative estimate of drug-likeness (QED) is 0.313. The number of hydrogen-bond acceptors (Lipinski definition) is 3. The molecule has 0 spiro atoms. The van der Waals surface area contributed by atoms with E-state index >= 15 is 0 Å². The van der Waals surface area contributed by atoms with Gasteiger partial charge in [-0.3, -0.25) is 4.79 Å². The summed E-state index contributed by atoms with van der Waals surface area (Å²) in [5, 5.41) is 10.7. The molecule has 0 bridgehead atoms. The van der Waals surface area contributed by atoms with Crippen LogP contribution in [0.25, 0.3) is 16.9 Å². The van der Waals surface area contributed by atoms with Gasteiger partial charge in [0.05, 0.1) is 11.4 Å². The van der Waals surface area contributed by atoms with Gasteiger partial charge >= 0.3 is 6.03 Å². The number of carbonyl (C=O) groups is 2. The Hall–Kier alpha value is -4.17. The molecule has 0 radical (unpaired) electrons. The van der Waals surface area contributed by atoms with Crippen LogP contribution in [-0.4, -0.2) is 39.2 Å². The second kappa shape index (κ2) is 11.0. The molecule has 184 valence electrons. The minimum absolute atomic E-state index is 0.195. The second-order valence-corrected chi connectivity index (χ2v) is 8.82. The highest BCUT2D eigenvalue weighted by molar-refractivity contribution is 6.30. The molecule has 0 fully saturated rings. The van der Waals surface area contributed by atoms with E-state index in [1.165, 1.54) is 21.7 Å². The predicted octanol–water partition coefficient (Wildman–Crippen LogP) is 6.21. The van der Waals surface area contributed by atoms with Crippen LogP contribution in [0.2, 0.25) is 5.02 Å². The third-order valence-electron chi connectivity index (χ3n) is 5.39. The summed E-state index contributed by atoms with van der Waals surface area (Å²) in [6.45, 7) is 3.45. The fourth-order valence-electron chi connectivity index (χ4n) is 3.59. The van der Waals surface area contributed by atoms with Crippen molar-refractivity contribution in [1.29, 1.82) is 0 Å². The number of anilines is 2. The Labute approximate surface area is 213 Å². The average Bonchev–Trinajstić information content (AvgIpc) is 3.27. The normalized spacial score (nSPS) is 10.8. The number of nitrogens with zero attached hydrogens (tertiary/aromatic N) is 3. The third-order valence-corrected chi connectivity index (χ3v) is 5.63. The second-order valence-electron chi connectivity index (χ2n) is 8.38. The van der Waals surface area contributed by atoms with Crippen LogP contribution in [0.5, 0.6) is 0 Å². The molecule has 4 aromatic rings. The summed E-state index contributed by atoms with van der Waals surface area (Å²) >= 11 is 6.01. The van der Waals surface area contributed by atoms with E-state index in [0.29, 0.717) is 27.9 Å². The molecular formula is C27H25ClFN5O2. The first-order valence-electron chi connectivity index (χ1n) is 11.3. The van der Waals surface area contributed by atoms with Crippen molar-refractivity contribution in [2.45, 2.75) is 19.9 Å². The van der Waals surface area contributed by atoms with Gasteiger partial charge in [0.15, 0.2) is 0 Å². The van der Waals surface area contributed by atoms with E-state index < -0.39 is 11.9 Å². The summed E-state index contributed by atoms with van der Waals surface area (Å²) in [6, 6.07) is 23.1. The lowest BCUT2D eigenvalue weighted by Gasteiger charge is -2.26. The van der Waals surface area contributed by atoms with Crippen molar-refractivity contribution in [3.05, 3.63) is 95.8 Å². The number of benzene rings is 3. The molecule has 2 N–H and O–H groups in total. The molecule has 7 nitrogen and oxygen atoms in total. The number of carbonyl (C=O) groups excluding carboxylic acids is 2. The number of urea groups is 1. The van der Waals surface area contributed by atoms with Gasteiger partial charge in [-0.1, -0.05) is 48.0 Å². The van der Waals surface area contributed by atoms with Crippen molar-refractivity contribution in [2.24, 2.45) is 0 Å². The van der Waals surface area contributed by atoms with E-state index in [1.54, 1.807) is 42.5 Å². The molecule has 0 aliphatic heterocycles. The predicted molar refractivity (Wildman–Crippen MR) is 140 cm³/mol. The highest BCUT2D eigenvalue weighted by Crippen LogP contribution is 2.25. The van der Waals surface area contributed by atoms with Crippen LogP contribution < -0.4 is 10.6 Å². The molecule has 1 aromatic heterocycles. The average molecular weight is 506 g/mol. The van der Waals surface area contributed by atoms with Gasteiger partial charge in [-0.15, -0.1) is 0 Å². The Balaban J connectivity index is 1.56. The Morgan fingerprint density at radius 1 is 0.972 bits per heavy atom. The Kier molecular flexibility index (Phi) is 7.65. The van der Waals surface area contributed by atoms with Crippen molar-refractivity contribution < 1.29 is 14.0 Å². The zero-order chi connectivity index (χ0) is 25.7. The standard InChI is InChI=1S/C27H25ClFN5O2/c1-18(2)33(27(36)30-22-10-6-9-20(28)15-22)17-26(35)31-25-16-24(19-7-4-3-5-8-19)32-34(25)23-13-11-21(29)12-14-23/h3-16,18H,17H2,1-2H3,(H,30,36)(H,31,35). The number of rotatable bonds is 7. The van der Waals surface area contributed by atoms with Crippen LogP contribution in [0.15, 0.2) is 84.9 Å². The number of hydrogen-bond donors (Lipinski definition) is 2. The maximum atomic E-state index is 13.5. The van der Waals surface area contributed by atoms with E-state index in [9.17, 15) is 14.0 Å². The first-order chi connectivity index (χ1) is 17.3. The molecule has 0 aliphatic carbocycles. The monoisotopic (exact) mass is 505 g/mol. The zero-order valence-electron chi connectivity index (χ0n) is 19.8. The molecule has 9 heteroatoms. The lowest BCUT2D eigenvalue weighted by Crippen LogP contribution is -2.44. The first-order valence-corrected chi connectivity index (χ1v) is 11.7. The molecule has 4 rings (SSSR count). The Bertz CT molecular complexity index is 1360. The zero-order valence-corrected chi connectivity index (χ0v) is 20.5. The van der Waals surface area contributed by atoms with Crippen LogP contribution in [0.1, 0.15) is 13.8 Å². The van der Waals surface area contributed by atoms with Crippen LogP contribution >= 0.6 is 11.6 Å². The van der Waals surface area contributed by atoms with Gasteiger partial charge in [-0.25, -0.2) is 13.9 Å². The lowest BCUT2D eigenvalue weighted by molar-refractivity contribution is -0.117. The molecular weight excluding hydrogens is 481 g/mol. The van der Waals surface area contributed by atoms with Crippen molar-refractivity contribution >= 4 is 35.0 Å². The number of aromatic nitrogens is 2. The lowest BCUT2D eigenvalue weighted by atomic mass is 10.1. The Morgan fingerprint density at radius 2 is 1.69 bits per heavy atom. The van der Waals surface area contributed by atoms with E-state index in [0.717, 1.165) is 5.56 Å². The maximum Gasteiger partial charge on any atom is 0.322 e. The topological polar surface area (TPSA) is 79.3 Å². The largest absolute Gasteiger partial charge is 0.322 e. The van der Waals surface area contributed by atoms with Crippen LogP contribution in [0.3, 0.4) is 0 Å². The molecule has 0 aliphatic rings. The molecule has 0 saturated heterocycles. The number of nitrogens with one attached hydrogen (secondary N) is 2. The van der Waals surface area contributed by atoms with Gasteiger partial charge in [-0.2, -0.15) is 5.10 Å². The summed E-state index contributed by atoms with van der Waals surface area (Å²) in [5.74, 6) is -0.393. The summed E-state index contributed by atoms with van der Waals surface area (Å²) < 4.78 is 15.0. The van der Waals surface area contributed by atoms with E-state index in [1.807, 2.05) is 44.2 Å². The SMILES string of the molecule is CC(C)N(CC(=O)Nc1cc(-c2ccccc2)nn1-c1ccc(F)cc1)C(=O)Nc1cccc(Cl)c1. The third kappa shape index (κ3) is 6.09. The smallest absolute Gasteiger partial charge is 0.313 e. The summed E-state index contributed by atoms with van der Waals surface area (Å²) in [6.07, 6.45) is 0. The molecule has 0 atom stereocenters. The Morgan fingerprint density at radius 3 is 2.36 bits per heavy atom. The molecule has 3 aromatic carbocycles. The number of halogens is 2. The summed E-state index contributed by atoms with van der Waals surface area (Å²) in [5.41, 5.74) is 2.60. The van der Waals surface area contributed by atoms with Crippen molar-refractivity contribution in [3.8, 4) is 16.9 Å². The van der Waals surface area contributed by atoms with Crippen molar-refractivity contribution in [1.82, 2.24) is 14.7 Å². The summed E-state index contributed by atoms with van der Waals surface area (Å²) in [4.78, 5) is 27.4. The molecule has 36 heavy (non-hydrogen) atoms. The maximum absolute atomic E-state index is 13.5. The van der Waals surface area contributed by atoms with E-state index in [-0.39, 0.29) is 18.4 Å². The number of amides is 3. The molecule has 3 amide bonds. The first kappa shape index (κ1) is 24.9. The fraction of sp³-hybridized carbons (Fsp3) is 0.148. The van der Waals surface area contributed by atoms with Gasteiger partial charge in [0.25, 0.3) is 0 Å². The fourth-order valence-corrected chi connectivity index (χ4v) is 3.78. The highest BCUT2D eigenvalue weighted by atomic mass is 35.5. The molecule has 0 saturated carbocycles. The minimum Gasteiger partial charge on any atom is -0.313 e. The van der Waals surface area contributed by atoms with Gasteiger partial charge < -0.3 is 15.5 Å². The highest BCUT2D eigenvalue weighted by Gasteiger charge is 2.22. The minimum atomic E-state index is -0.431. The van der Waals surface area contributed by atoms with Crippen LogP contribution in [-0.2, 0) is 4.79 Å². The van der Waals surface area contributed by atoms with Crippen LogP contribution in [0, 0.1) is 5.82 Å². The van der Waals surface area contributed by atoms with Crippen LogP contribution in [0.4, 0.5) is 20.7 Å².